The van der Waals surface area contributed by atoms with Crippen LogP contribution in [-0.4, -0.2) is 33.9 Å². The zero-order valence-corrected chi connectivity index (χ0v) is 13.0. The van der Waals surface area contributed by atoms with Gasteiger partial charge in [-0.25, -0.2) is 0 Å². The molecule has 2 N–H and O–H groups in total. The third-order valence-electron chi connectivity index (χ3n) is 3.16. The highest BCUT2D eigenvalue weighted by atomic mass is 16.4. The quantitative estimate of drug-likeness (QED) is 0.854. The van der Waals surface area contributed by atoms with Crippen LogP contribution in [0, 0.1) is 12.8 Å². The summed E-state index contributed by atoms with van der Waals surface area (Å²) in [4.78, 5) is 12.0. The number of aliphatic hydroxyl groups is 1. The van der Waals surface area contributed by atoms with Gasteiger partial charge in [0.1, 0.15) is 0 Å². The maximum atomic E-state index is 12.0. The van der Waals surface area contributed by atoms with E-state index in [1.165, 1.54) is 0 Å². The molecular formula is C16H21N3O3. The van der Waals surface area contributed by atoms with Crippen molar-refractivity contribution in [3.63, 3.8) is 0 Å². The van der Waals surface area contributed by atoms with Crippen LogP contribution in [0.3, 0.4) is 0 Å². The highest BCUT2D eigenvalue weighted by molar-refractivity contribution is 5.94. The first-order valence-electron chi connectivity index (χ1n) is 7.32. The van der Waals surface area contributed by atoms with Crippen LogP contribution in [0.15, 0.2) is 28.7 Å². The molecule has 0 aliphatic rings. The van der Waals surface area contributed by atoms with Crippen molar-refractivity contribution in [2.45, 2.75) is 33.3 Å². The number of hydrogen-bond acceptors (Lipinski definition) is 5. The number of amides is 1. The van der Waals surface area contributed by atoms with Crippen molar-refractivity contribution < 1.29 is 14.3 Å². The van der Waals surface area contributed by atoms with Crippen LogP contribution in [0.5, 0.6) is 0 Å². The van der Waals surface area contributed by atoms with Crippen LogP contribution >= 0.6 is 0 Å². The monoisotopic (exact) mass is 303 g/mol. The molecule has 0 aliphatic carbocycles. The van der Waals surface area contributed by atoms with Gasteiger partial charge in [-0.2, -0.15) is 0 Å². The molecule has 22 heavy (non-hydrogen) atoms. The Morgan fingerprint density at radius 1 is 1.27 bits per heavy atom. The van der Waals surface area contributed by atoms with Gasteiger partial charge in [-0.3, -0.25) is 4.79 Å². The summed E-state index contributed by atoms with van der Waals surface area (Å²) < 4.78 is 5.33. The number of hydrogen-bond donors (Lipinski definition) is 2. The van der Waals surface area contributed by atoms with Gasteiger partial charge < -0.3 is 14.8 Å². The molecular weight excluding hydrogens is 282 g/mol. The Morgan fingerprint density at radius 2 is 1.95 bits per heavy atom. The Hall–Kier alpha value is -2.21. The molecule has 1 aromatic carbocycles. The minimum Gasteiger partial charge on any atom is -0.421 e. The molecule has 0 bridgehead atoms. The maximum Gasteiger partial charge on any atom is 0.251 e. The molecule has 6 nitrogen and oxygen atoms in total. The van der Waals surface area contributed by atoms with Crippen molar-refractivity contribution in [1.82, 2.24) is 15.5 Å². The minimum absolute atomic E-state index is 0.212. The zero-order valence-electron chi connectivity index (χ0n) is 13.0. The van der Waals surface area contributed by atoms with E-state index < -0.39 is 6.10 Å². The normalized spacial score (nSPS) is 12.4. The molecule has 0 saturated carbocycles. The summed E-state index contributed by atoms with van der Waals surface area (Å²) in [6.45, 7) is 6.04. The number of aromatic nitrogens is 2. The SMILES string of the molecule is Cc1nnc(-c2ccc(C(=O)NCC(O)CC(C)C)cc2)o1. The molecule has 1 amide bonds. The second-order valence-corrected chi connectivity index (χ2v) is 5.70. The van der Waals surface area contributed by atoms with Gasteiger partial charge >= 0.3 is 0 Å². The summed E-state index contributed by atoms with van der Waals surface area (Å²) in [7, 11) is 0. The summed E-state index contributed by atoms with van der Waals surface area (Å²) in [6, 6.07) is 6.90. The first-order valence-corrected chi connectivity index (χ1v) is 7.32. The third-order valence-corrected chi connectivity index (χ3v) is 3.16. The van der Waals surface area contributed by atoms with E-state index in [0.717, 1.165) is 5.56 Å². The lowest BCUT2D eigenvalue weighted by Gasteiger charge is -2.13. The minimum atomic E-state index is -0.524. The second kappa shape index (κ2) is 7.17. The van der Waals surface area contributed by atoms with Gasteiger partial charge in [-0.05, 0) is 36.6 Å². The van der Waals surface area contributed by atoms with E-state index in [-0.39, 0.29) is 12.5 Å². The summed E-state index contributed by atoms with van der Waals surface area (Å²) in [6.07, 6.45) is 0.139. The fourth-order valence-electron chi connectivity index (χ4n) is 2.12. The van der Waals surface area contributed by atoms with Gasteiger partial charge in [-0.15, -0.1) is 10.2 Å². The molecule has 118 valence electrons. The zero-order chi connectivity index (χ0) is 16.1. The summed E-state index contributed by atoms with van der Waals surface area (Å²) in [5, 5.41) is 20.2. The molecule has 2 aromatic rings. The van der Waals surface area contributed by atoms with Crippen LogP contribution in [0.25, 0.3) is 11.5 Å². The number of aliphatic hydroxyl groups excluding tert-OH is 1. The van der Waals surface area contributed by atoms with Gasteiger partial charge in [0.2, 0.25) is 11.8 Å². The van der Waals surface area contributed by atoms with E-state index in [1.807, 2.05) is 13.8 Å². The second-order valence-electron chi connectivity index (χ2n) is 5.70. The smallest absolute Gasteiger partial charge is 0.251 e. The molecule has 1 unspecified atom stereocenters. The highest BCUT2D eigenvalue weighted by Gasteiger charge is 2.11. The van der Waals surface area contributed by atoms with Crippen molar-refractivity contribution in [2.75, 3.05) is 6.54 Å². The lowest BCUT2D eigenvalue weighted by Crippen LogP contribution is -2.32. The van der Waals surface area contributed by atoms with Crippen molar-refractivity contribution in [2.24, 2.45) is 5.92 Å². The van der Waals surface area contributed by atoms with Crippen molar-refractivity contribution in [3.05, 3.63) is 35.7 Å². The molecule has 0 saturated heterocycles. The number of benzene rings is 1. The topological polar surface area (TPSA) is 88.2 Å². The van der Waals surface area contributed by atoms with Crippen LogP contribution < -0.4 is 5.32 Å². The number of nitrogens with one attached hydrogen (secondary N) is 1. The van der Waals surface area contributed by atoms with Crippen LogP contribution in [0.1, 0.15) is 36.5 Å². The molecule has 1 atom stereocenters. The Labute approximate surface area is 129 Å². The molecule has 0 radical (unpaired) electrons. The van der Waals surface area contributed by atoms with E-state index >= 15 is 0 Å². The molecule has 1 aromatic heterocycles. The molecule has 0 fully saturated rings. The lowest BCUT2D eigenvalue weighted by molar-refractivity contribution is 0.0900. The van der Waals surface area contributed by atoms with Crippen LogP contribution in [0.4, 0.5) is 0 Å². The van der Waals surface area contributed by atoms with E-state index in [1.54, 1.807) is 31.2 Å². The first-order chi connectivity index (χ1) is 10.5. The van der Waals surface area contributed by atoms with E-state index in [2.05, 4.69) is 15.5 Å². The number of carbonyl (C=O) groups excluding carboxylic acids is 1. The molecule has 1 heterocycles. The predicted octanol–water partition coefficient (Wildman–Crippen LogP) is 2.18. The van der Waals surface area contributed by atoms with Crippen LogP contribution in [-0.2, 0) is 0 Å². The first kappa shape index (κ1) is 16.2. The Bertz CT molecular complexity index is 620. The summed E-state index contributed by atoms with van der Waals surface area (Å²) in [5.74, 6) is 1.10. The number of nitrogens with zero attached hydrogens (tertiary/aromatic N) is 2. The summed E-state index contributed by atoms with van der Waals surface area (Å²) in [5.41, 5.74) is 1.29. The third kappa shape index (κ3) is 4.39. The number of aryl methyl sites for hydroxylation is 1. The average Bonchev–Trinajstić information content (AvgIpc) is 2.91. The standard InChI is InChI=1S/C16H21N3O3/c1-10(2)8-14(20)9-17-15(21)12-4-6-13(7-5-12)16-19-18-11(3)22-16/h4-7,10,14,20H,8-9H2,1-3H3,(H,17,21). The Kier molecular flexibility index (Phi) is 5.27. The number of rotatable bonds is 6. The summed E-state index contributed by atoms with van der Waals surface area (Å²) >= 11 is 0. The van der Waals surface area contributed by atoms with Crippen LogP contribution in [0.2, 0.25) is 0 Å². The maximum absolute atomic E-state index is 12.0. The molecule has 2 rings (SSSR count). The van der Waals surface area contributed by atoms with E-state index in [0.29, 0.717) is 29.7 Å². The number of carbonyl (C=O) groups is 1. The molecule has 0 aliphatic heterocycles. The van der Waals surface area contributed by atoms with Gasteiger partial charge in [0, 0.05) is 24.6 Å². The van der Waals surface area contributed by atoms with Crippen molar-refractivity contribution >= 4 is 5.91 Å². The Balaban J connectivity index is 1.94. The Morgan fingerprint density at radius 3 is 2.50 bits per heavy atom. The van der Waals surface area contributed by atoms with Crippen molar-refractivity contribution in [1.29, 1.82) is 0 Å². The lowest BCUT2D eigenvalue weighted by atomic mass is 10.1. The van der Waals surface area contributed by atoms with E-state index in [9.17, 15) is 9.90 Å². The molecule has 0 spiro atoms. The molecule has 6 heteroatoms. The van der Waals surface area contributed by atoms with Gasteiger partial charge in [0.15, 0.2) is 0 Å². The van der Waals surface area contributed by atoms with E-state index in [4.69, 9.17) is 4.42 Å². The van der Waals surface area contributed by atoms with Gasteiger partial charge in [0.05, 0.1) is 6.10 Å². The highest BCUT2D eigenvalue weighted by Crippen LogP contribution is 2.18. The largest absolute Gasteiger partial charge is 0.421 e. The average molecular weight is 303 g/mol. The fourth-order valence-corrected chi connectivity index (χ4v) is 2.12. The predicted molar refractivity (Wildman–Crippen MR) is 82.3 cm³/mol. The van der Waals surface area contributed by atoms with Crippen molar-refractivity contribution in [3.8, 4) is 11.5 Å². The fraction of sp³-hybridized carbons (Fsp3) is 0.438. The van der Waals surface area contributed by atoms with Gasteiger partial charge in [0.25, 0.3) is 5.91 Å². The van der Waals surface area contributed by atoms with Gasteiger partial charge in [-0.1, -0.05) is 13.8 Å².